The summed E-state index contributed by atoms with van der Waals surface area (Å²) in [5.74, 6) is 0. The van der Waals surface area contributed by atoms with E-state index in [-0.39, 0.29) is 9.79 Å². The molecular weight excluding hydrogens is 490 g/mol. The third-order valence-electron chi connectivity index (χ3n) is 5.59. The Hall–Kier alpha value is -2.72. The Morgan fingerprint density at radius 3 is 1.54 bits per heavy atom. The van der Waals surface area contributed by atoms with Crippen LogP contribution in [0.25, 0.3) is 0 Å². The van der Waals surface area contributed by atoms with E-state index >= 15 is 0 Å². The van der Waals surface area contributed by atoms with Gasteiger partial charge in [-0.15, -0.1) is 0 Å². The Balaban J connectivity index is 2.74. The second-order valence-corrected chi connectivity index (χ2v) is 14.9. The van der Waals surface area contributed by atoms with Gasteiger partial charge in [-0.05, 0) is 50.5 Å². The van der Waals surface area contributed by atoms with Crippen LogP contribution in [0.5, 0.6) is 0 Å². The number of sulfone groups is 2. The van der Waals surface area contributed by atoms with Crippen molar-refractivity contribution in [2.75, 3.05) is 0 Å². The minimum absolute atomic E-state index is 0.213. The first-order valence-electron chi connectivity index (χ1n) is 11.0. The Bertz CT molecular complexity index is 1170. The van der Waals surface area contributed by atoms with Crippen molar-refractivity contribution in [2.24, 2.45) is 5.41 Å². The second kappa shape index (κ2) is 10.1. The fraction of sp³-hybridized carbons (Fsp3) is 0.440. The lowest BCUT2D eigenvalue weighted by Gasteiger charge is -2.42. The highest BCUT2D eigenvalue weighted by Crippen LogP contribution is 2.39. The average Bonchev–Trinajstić information content (AvgIpc) is 2.75. The lowest BCUT2D eigenvalue weighted by molar-refractivity contribution is -0.117. The van der Waals surface area contributed by atoms with Gasteiger partial charge in [0.15, 0.2) is 24.3 Å². The fourth-order valence-corrected chi connectivity index (χ4v) is 8.10. The van der Waals surface area contributed by atoms with Crippen molar-refractivity contribution < 1.29 is 31.2 Å². The molecule has 0 aliphatic carbocycles. The minimum atomic E-state index is -4.52. The van der Waals surface area contributed by atoms with Crippen LogP contribution < -0.4 is 5.32 Å². The topological polar surface area (TPSA) is 124 Å². The number of nitrogens with one attached hydrogen (secondary N) is 1. The summed E-state index contributed by atoms with van der Waals surface area (Å²) in [5.41, 5.74) is -3.88. The van der Waals surface area contributed by atoms with Crippen LogP contribution in [-0.4, -0.2) is 44.9 Å². The standard InChI is InChI=1S/C25H33NO7S2/c1-23(2,3)25(18-27,26-22(28)33-24(4,5)6)17-21(34(29,30)19-13-9-7-10-14-19)35(31,32)20-15-11-8-12-16-20/h7-16,18,21H,17H2,1-6H3,(H,26,28)/t25-/m1/s1. The van der Waals surface area contributed by atoms with Crippen LogP contribution >= 0.6 is 0 Å². The number of hydrogen-bond donors (Lipinski definition) is 1. The highest BCUT2D eigenvalue weighted by Gasteiger charge is 2.52. The van der Waals surface area contributed by atoms with Crippen molar-refractivity contribution in [1.82, 2.24) is 5.32 Å². The molecule has 0 unspecified atom stereocenters. The predicted octanol–water partition coefficient (Wildman–Crippen LogP) is 4.16. The van der Waals surface area contributed by atoms with Crippen LogP contribution in [0.15, 0.2) is 70.5 Å². The maximum atomic E-state index is 13.7. The van der Waals surface area contributed by atoms with E-state index in [9.17, 15) is 26.4 Å². The van der Waals surface area contributed by atoms with E-state index in [1.165, 1.54) is 48.5 Å². The second-order valence-electron chi connectivity index (χ2n) is 10.3. The van der Waals surface area contributed by atoms with Gasteiger partial charge in [-0.25, -0.2) is 21.6 Å². The van der Waals surface area contributed by atoms with Crippen LogP contribution in [0.3, 0.4) is 0 Å². The van der Waals surface area contributed by atoms with E-state index in [4.69, 9.17) is 4.74 Å². The van der Waals surface area contributed by atoms with Crippen molar-refractivity contribution in [3.8, 4) is 0 Å². The smallest absolute Gasteiger partial charge is 0.408 e. The van der Waals surface area contributed by atoms with Gasteiger partial charge in [0.25, 0.3) is 0 Å². The molecule has 0 fully saturated rings. The number of carbonyl (C=O) groups is 2. The van der Waals surface area contributed by atoms with Crippen LogP contribution in [0, 0.1) is 5.41 Å². The molecule has 35 heavy (non-hydrogen) atoms. The monoisotopic (exact) mass is 523 g/mol. The van der Waals surface area contributed by atoms with E-state index in [2.05, 4.69) is 5.32 Å². The molecule has 0 heterocycles. The summed E-state index contributed by atoms with van der Waals surface area (Å²) in [7, 11) is -9.04. The number of amides is 1. The number of alkyl carbamates (subject to hydrolysis) is 1. The Labute approximate surface area is 207 Å². The average molecular weight is 524 g/mol. The molecule has 1 N–H and O–H groups in total. The summed E-state index contributed by atoms with van der Waals surface area (Å²) >= 11 is 0. The molecule has 0 saturated carbocycles. The third kappa shape index (κ3) is 6.49. The van der Waals surface area contributed by atoms with Gasteiger partial charge in [-0.2, -0.15) is 0 Å². The lowest BCUT2D eigenvalue weighted by atomic mass is 9.72. The van der Waals surface area contributed by atoms with Crippen molar-refractivity contribution in [3.63, 3.8) is 0 Å². The molecule has 0 bridgehead atoms. The molecule has 1 amide bonds. The fourth-order valence-electron chi connectivity index (χ4n) is 3.46. The van der Waals surface area contributed by atoms with Gasteiger partial charge >= 0.3 is 6.09 Å². The van der Waals surface area contributed by atoms with Gasteiger partial charge in [0.05, 0.1) is 9.79 Å². The molecule has 0 radical (unpaired) electrons. The summed E-state index contributed by atoms with van der Waals surface area (Å²) in [5, 5.41) is 2.50. The van der Waals surface area contributed by atoms with Gasteiger partial charge in [0, 0.05) is 6.42 Å². The first kappa shape index (κ1) is 28.5. The summed E-state index contributed by atoms with van der Waals surface area (Å²) < 4.78 is 58.2. The van der Waals surface area contributed by atoms with Crippen molar-refractivity contribution >= 4 is 32.1 Å². The number of ether oxygens (including phenoxy) is 1. The Morgan fingerprint density at radius 2 is 1.23 bits per heavy atom. The van der Waals surface area contributed by atoms with Crippen LogP contribution in [0.2, 0.25) is 0 Å². The van der Waals surface area contributed by atoms with Gasteiger partial charge in [-0.3, -0.25) is 0 Å². The van der Waals surface area contributed by atoms with Gasteiger partial charge in [-0.1, -0.05) is 57.2 Å². The SMILES string of the molecule is CC(C)(C)OC(=O)N[C@@](C=O)(CC(S(=O)(=O)c1ccccc1)S(=O)(=O)c1ccccc1)C(C)(C)C. The van der Waals surface area contributed by atoms with E-state index in [0.717, 1.165) is 0 Å². The number of aldehydes is 1. The summed E-state index contributed by atoms with van der Waals surface area (Å²) in [6.07, 6.45) is -1.30. The first-order chi connectivity index (χ1) is 16.0. The van der Waals surface area contributed by atoms with E-state index in [0.29, 0.717) is 6.29 Å². The number of hydrogen-bond acceptors (Lipinski definition) is 7. The molecule has 2 rings (SSSR count). The largest absolute Gasteiger partial charge is 0.444 e. The molecule has 0 saturated heterocycles. The van der Waals surface area contributed by atoms with Crippen molar-refractivity contribution in [2.45, 2.75) is 73.5 Å². The zero-order chi connectivity index (χ0) is 26.7. The molecule has 0 spiro atoms. The van der Waals surface area contributed by atoms with Crippen molar-refractivity contribution in [1.29, 1.82) is 0 Å². The quantitative estimate of drug-likeness (QED) is 0.515. The summed E-state index contributed by atoms with van der Waals surface area (Å²) in [4.78, 5) is 24.9. The number of carbonyl (C=O) groups excluding carboxylic acids is 2. The first-order valence-corrected chi connectivity index (χ1v) is 14.1. The molecule has 192 valence electrons. The molecule has 0 aliphatic heterocycles. The minimum Gasteiger partial charge on any atom is -0.444 e. The van der Waals surface area contributed by atoms with Crippen LogP contribution in [0.4, 0.5) is 4.79 Å². The van der Waals surface area contributed by atoms with Gasteiger partial charge < -0.3 is 14.8 Å². The number of benzene rings is 2. The van der Waals surface area contributed by atoms with E-state index < -0.39 is 53.3 Å². The van der Waals surface area contributed by atoms with Crippen molar-refractivity contribution in [3.05, 3.63) is 60.7 Å². The zero-order valence-electron chi connectivity index (χ0n) is 20.8. The maximum Gasteiger partial charge on any atom is 0.408 e. The molecule has 0 aliphatic rings. The highest BCUT2D eigenvalue weighted by molar-refractivity contribution is 8.09. The summed E-state index contributed by atoms with van der Waals surface area (Å²) in [6, 6.07) is 14.3. The Morgan fingerprint density at radius 1 is 0.829 bits per heavy atom. The van der Waals surface area contributed by atoms with Gasteiger partial charge in [0.1, 0.15) is 17.4 Å². The molecule has 8 nitrogen and oxygen atoms in total. The van der Waals surface area contributed by atoms with Crippen LogP contribution in [-0.2, 0) is 29.2 Å². The lowest BCUT2D eigenvalue weighted by Crippen LogP contribution is -2.61. The summed E-state index contributed by atoms with van der Waals surface area (Å²) in [6.45, 7) is 9.73. The molecule has 10 heteroatoms. The number of rotatable bonds is 8. The van der Waals surface area contributed by atoms with Gasteiger partial charge in [0.2, 0.25) is 0 Å². The molecule has 0 aromatic heterocycles. The Kier molecular flexibility index (Phi) is 8.23. The van der Waals surface area contributed by atoms with E-state index in [1.54, 1.807) is 53.7 Å². The zero-order valence-corrected chi connectivity index (χ0v) is 22.4. The van der Waals surface area contributed by atoms with E-state index in [1.807, 2.05) is 0 Å². The molecule has 2 aromatic carbocycles. The maximum absolute atomic E-state index is 13.7. The normalized spacial score (nSPS) is 14.7. The molecule has 2 aromatic rings. The predicted molar refractivity (Wildman–Crippen MR) is 133 cm³/mol. The van der Waals surface area contributed by atoms with Crippen LogP contribution in [0.1, 0.15) is 48.0 Å². The molecular formula is C25H33NO7S2. The third-order valence-corrected chi connectivity index (χ3v) is 10.7. The highest BCUT2D eigenvalue weighted by atomic mass is 32.3. The molecule has 1 atom stereocenters.